The van der Waals surface area contributed by atoms with E-state index < -0.39 is 0 Å². The number of hydrogen-bond donors (Lipinski definition) is 0. The van der Waals surface area contributed by atoms with Crippen molar-refractivity contribution in [1.82, 2.24) is 19.1 Å². The van der Waals surface area contributed by atoms with Crippen molar-refractivity contribution >= 4 is 16.7 Å². The number of benzene rings is 1. The Balaban J connectivity index is 1.63. The van der Waals surface area contributed by atoms with Gasteiger partial charge < -0.3 is 9.47 Å². The van der Waals surface area contributed by atoms with Crippen LogP contribution in [0.15, 0.2) is 46.2 Å². The third-order valence-electron chi connectivity index (χ3n) is 5.63. The highest BCUT2D eigenvalue weighted by Crippen LogP contribution is 2.35. The van der Waals surface area contributed by atoms with Gasteiger partial charge in [0.2, 0.25) is 0 Å². The fourth-order valence-corrected chi connectivity index (χ4v) is 4.07. The van der Waals surface area contributed by atoms with Gasteiger partial charge in [0, 0.05) is 32.0 Å². The molecule has 1 saturated carbocycles. The summed E-state index contributed by atoms with van der Waals surface area (Å²) >= 11 is 0. The SMILES string of the molecule is Cn1c(C2CCCN2c2nccn(C3CC3)c2=O)nc2ccccc2c1=O. The van der Waals surface area contributed by atoms with Gasteiger partial charge in [0.15, 0.2) is 5.82 Å². The molecule has 3 heterocycles. The van der Waals surface area contributed by atoms with Crippen LogP contribution in [0.2, 0.25) is 0 Å². The molecule has 2 fully saturated rings. The monoisotopic (exact) mass is 363 g/mol. The highest BCUT2D eigenvalue weighted by atomic mass is 16.1. The molecule has 1 atom stereocenters. The molecule has 1 aromatic carbocycles. The number of fused-ring (bicyclic) bond motifs is 1. The third-order valence-corrected chi connectivity index (χ3v) is 5.63. The lowest BCUT2D eigenvalue weighted by Crippen LogP contribution is -2.35. The third kappa shape index (κ3) is 2.57. The average molecular weight is 363 g/mol. The normalized spacial score (nSPS) is 19.7. The number of aromatic nitrogens is 4. The smallest absolute Gasteiger partial charge is 0.293 e. The van der Waals surface area contributed by atoms with E-state index in [0.29, 0.717) is 28.6 Å². The van der Waals surface area contributed by atoms with Crippen LogP contribution in [-0.2, 0) is 7.05 Å². The number of anilines is 1. The van der Waals surface area contributed by atoms with E-state index in [1.807, 2.05) is 23.1 Å². The molecule has 3 aromatic rings. The molecule has 0 radical (unpaired) electrons. The quantitative estimate of drug-likeness (QED) is 0.713. The van der Waals surface area contributed by atoms with Gasteiger partial charge in [-0.25, -0.2) is 9.97 Å². The van der Waals surface area contributed by atoms with Crippen molar-refractivity contribution in [3.8, 4) is 0 Å². The molecule has 0 amide bonds. The van der Waals surface area contributed by atoms with Gasteiger partial charge in [-0.3, -0.25) is 14.2 Å². The molecular weight excluding hydrogens is 342 g/mol. The Hall–Kier alpha value is -2.96. The number of nitrogens with zero attached hydrogens (tertiary/aromatic N) is 5. The number of hydrogen-bond acceptors (Lipinski definition) is 5. The molecule has 1 unspecified atom stereocenters. The van der Waals surface area contributed by atoms with Crippen molar-refractivity contribution in [2.24, 2.45) is 7.05 Å². The summed E-state index contributed by atoms with van der Waals surface area (Å²) in [4.78, 5) is 36.9. The molecule has 7 heteroatoms. The second-order valence-corrected chi connectivity index (χ2v) is 7.40. The van der Waals surface area contributed by atoms with Crippen LogP contribution in [0.4, 0.5) is 5.82 Å². The molecule has 0 bridgehead atoms. The van der Waals surface area contributed by atoms with Crippen molar-refractivity contribution in [2.75, 3.05) is 11.4 Å². The number of rotatable bonds is 3. The van der Waals surface area contributed by atoms with Crippen molar-refractivity contribution in [3.05, 3.63) is 63.2 Å². The molecule has 1 saturated heterocycles. The van der Waals surface area contributed by atoms with Crippen molar-refractivity contribution in [2.45, 2.75) is 37.8 Å². The van der Waals surface area contributed by atoms with Crippen LogP contribution in [0.5, 0.6) is 0 Å². The van der Waals surface area contributed by atoms with Crippen LogP contribution in [0, 0.1) is 0 Å². The Bertz CT molecular complexity index is 1150. The van der Waals surface area contributed by atoms with Gasteiger partial charge >= 0.3 is 0 Å². The summed E-state index contributed by atoms with van der Waals surface area (Å²) in [5, 5.41) is 0.613. The van der Waals surface area contributed by atoms with E-state index in [4.69, 9.17) is 4.98 Å². The van der Waals surface area contributed by atoms with Gasteiger partial charge in [-0.15, -0.1) is 0 Å². The molecule has 1 aliphatic carbocycles. The lowest BCUT2D eigenvalue weighted by molar-refractivity contribution is 0.599. The fraction of sp³-hybridized carbons (Fsp3) is 0.400. The van der Waals surface area contributed by atoms with E-state index >= 15 is 0 Å². The molecule has 27 heavy (non-hydrogen) atoms. The summed E-state index contributed by atoms with van der Waals surface area (Å²) in [5.74, 6) is 1.16. The van der Waals surface area contributed by atoms with Crippen LogP contribution in [0.3, 0.4) is 0 Å². The summed E-state index contributed by atoms with van der Waals surface area (Å²) < 4.78 is 3.41. The molecule has 138 valence electrons. The molecule has 0 spiro atoms. The van der Waals surface area contributed by atoms with E-state index in [0.717, 1.165) is 32.2 Å². The first-order valence-electron chi connectivity index (χ1n) is 9.44. The second-order valence-electron chi connectivity index (χ2n) is 7.40. The van der Waals surface area contributed by atoms with E-state index in [9.17, 15) is 9.59 Å². The Kier molecular flexibility index (Phi) is 3.63. The zero-order valence-electron chi connectivity index (χ0n) is 15.2. The maximum Gasteiger partial charge on any atom is 0.293 e. The van der Waals surface area contributed by atoms with Gasteiger partial charge in [-0.2, -0.15) is 0 Å². The molecule has 5 rings (SSSR count). The molecule has 2 aliphatic rings. The predicted molar refractivity (Wildman–Crippen MR) is 103 cm³/mol. The van der Waals surface area contributed by atoms with Gasteiger partial charge in [0.25, 0.3) is 11.1 Å². The van der Waals surface area contributed by atoms with Crippen molar-refractivity contribution < 1.29 is 0 Å². The predicted octanol–water partition coefficient (Wildman–Crippen LogP) is 2.17. The first-order chi connectivity index (χ1) is 13.1. The number of para-hydroxylation sites is 1. The Labute approximate surface area is 155 Å². The van der Waals surface area contributed by atoms with Crippen LogP contribution in [0.1, 0.15) is 43.6 Å². The molecule has 0 N–H and O–H groups in total. The summed E-state index contributed by atoms with van der Waals surface area (Å²) in [5.41, 5.74) is 0.593. The second kappa shape index (κ2) is 6.04. The van der Waals surface area contributed by atoms with E-state index in [1.54, 1.807) is 34.6 Å². The first-order valence-corrected chi connectivity index (χ1v) is 9.44. The lowest BCUT2D eigenvalue weighted by Gasteiger charge is -2.26. The van der Waals surface area contributed by atoms with E-state index in [-0.39, 0.29) is 17.2 Å². The van der Waals surface area contributed by atoms with Gasteiger partial charge in [-0.05, 0) is 37.8 Å². The maximum atomic E-state index is 12.9. The van der Waals surface area contributed by atoms with Gasteiger partial charge in [-0.1, -0.05) is 12.1 Å². The zero-order valence-corrected chi connectivity index (χ0v) is 15.2. The first kappa shape index (κ1) is 16.2. The average Bonchev–Trinajstić information content (AvgIpc) is 3.42. The summed E-state index contributed by atoms with van der Waals surface area (Å²) in [7, 11) is 1.76. The Morgan fingerprint density at radius 1 is 1.07 bits per heavy atom. The summed E-state index contributed by atoms with van der Waals surface area (Å²) in [6, 6.07) is 7.58. The van der Waals surface area contributed by atoms with Crippen molar-refractivity contribution in [1.29, 1.82) is 0 Å². The largest absolute Gasteiger partial charge is 0.342 e. The molecular formula is C20H21N5O2. The highest BCUT2D eigenvalue weighted by molar-refractivity contribution is 5.77. The van der Waals surface area contributed by atoms with Crippen LogP contribution in [-0.4, -0.2) is 25.6 Å². The van der Waals surface area contributed by atoms with Crippen LogP contribution < -0.4 is 16.0 Å². The summed E-state index contributed by atoms with van der Waals surface area (Å²) in [6.45, 7) is 0.740. The van der Waals surface area contributed by atoms with Gasteiger partial charge in [0.1, 0.15) is 5.82 Å². The van der Waals surface area contributed by atoms with E-state index in [1.165, 1.54) is 0 Å². The van der Waals surface area contributed by atoms with E-state index in [2.05, 4.69) is 4.98 Å². The zero-order chi connectivity index (χ0) is 18.5. The molecule has 7 nitrogen and oxygen atoms in total. The Morgan fingerprint density at radius 3 is 2.70 bits per heavy atom. The topological polar surface area (TPSA) is 73.0 Å². The van der Waals surface area contributed by atoms with Gasteiger partial charge in [0.05, 0.1) is 16.9 Å². The minimum absolute atomic E-state index is 0.0438. The minimum atomic E-state index is -0.123. The summed E-state index contributed by atoms with van der Waals surface area (Å²) in [6.07, 6.45) is 7.36. The molecule has 2 aromatic heterocycles. The maximum absolute atomic E-state index is 12.9. The van der Waals surface area contributed by atoms with Crippen molar-refractivity contribution in [3.63, 3.8) is 0 Å². The standard InChI is InChI=1S/C20H21N5O2/c1-23-17(22-15-6-3-2-5-14(15)19(23)26)16-7-4-11-25(16)18-20(27)24(12-10-21-18)13-8-9-13/h2-3,5-6,10,12-13,16H,4,7-9,11H2,1H3. The van der Waals surface area contributed by atoms with Crippen LogP contribution in [0.25, 0.3) is 10.9 Å². The lowest BCUT2D eigenvalue weighted by atomic mass is 10.1. The molecule has 1 aliphatic heterocycles. The Morgan fingerprint density at radius 2 is 1.89 bits per heavy atom. The minimum Gasteiger partial charge on any atom is -0.342 e. The highest BCUT2D eigenvalue weighted by Gasteiger charge is 2.34. The fourth-order valence-electron chi connectivity index (χ4n) is 4.07. The van der Waals surface area contributed by atoms with Crippen LogP contribution >= 0.6 is 0 Å².